The average molecular weight is 439 g/mol. The van der Waals surface area contributed by atoms with Gasteiger partial charge in [-0.05, 0) is 25.7 Å². The van der Waals surface area contributed by atoms with Gasteiger partial charge >= 0.3 is 6.18 Å². The van der Waals surface area contributed by atoms with Gasteiger partial charge in [-0.25, -0.2) is 13.2 Å². The molecular formula is C18H23F6N5O. The molecule has 12 heteroatoms. The summed E-state index contributed by atoms with van der Waals surface area (Å²) in [6.07, 6.45) is -5.68. The first-order valence-electron chi connectivity index (χ1n) is 9.79. The normalized spacial score (nSPS) is 23.5. The number of alkyl halides is 5. The average Bonchev–Trinajstić information content (AvgIpc) is 2.78. The van der Waals surface area contributed by atoms with Gasteiger partial charge in [-0.2, -0.15) is 28.1 Å². The number of hydrogen-bond donors (Lipinski definition) is 3. The smallest absolute Gasteiger partial charge is 0.386 e. The summed E-state index contributed by atoms with van der Waals surface area (Å²) in [6.45, 7) is 1.33. The molecule has 1 fully saturated rings. The number of nitrogens with zero attached hydrogens (tertiary/aromatic N) is 3. The Morgan fingerprint density at radius 2 is 1.80 bits per heavy atom. The number of nitrogens with one attached hydrogen (secondary N) is 2. The molecule has 1 aromatic heterocycles. The zero-order valence-electron chi connectivity index (χ0n) is 16.2. The molecule has 1 aromatic rings. The number of halogens is 6. The number of anilines is 2. The van der Waals surface area contributed by atoms with Crippen LogP contribution in [0.1, 0.15) is 57.7 Å². The fourth-order valence-corrected chi connectivity index (χ4v) is 3.46. The second-order valence-corrected chi connectivity index (χ2v) is 7.65. The van der Waals surface area contributed by atoms with Crippen LogP contribution in [0.15, 0.2) is 5.83 Å². The largest absolute Gasteiger partial charge is 0.408 e. The molecule has 0 aliphatic heterocycles. The number of aromatic nitrogens is 3. The Kier molecular flexibility index (Phi) is 6.44. The van der Waals surface area contributed by atoms with Crippen LogP contribution < -0.4 is 10.6 Å². The van der Waals surface area contributed by atoms with Crippen LogP contribution in [0.5, 0.6) is 0 Å². The molecule has 1 unspecified atom stereocenters. The van der Waals surface area contributed by atoms with E-state index in [0.717, 1.165) is 0 Å². The molecule has 2 atom stereocenters. The molecule has 30 heavy (non-hydrogen) atoms. The van der Waals surface area contributed by atoms with E-state index in [2.05, 4.69) is 25.6 Å². The third-order valence-electron chi connectivity index (χ3n) is 5.17. The van der Waals surface area contributed by atoms with Gasteiger partial charge in [-0.1, -0.05) is 13.3 Å². The van der Waals surface area contributed by atoms with Crippen molar-refractivity contribution < 1.29 is 31.4 Å². The van der Waals surface area contributed by atoms with Crippen LogP contribution in [0.25, 0.3) is 5.57 Å². The van der Waals surface area contributed by atoms with E-state index in [0.29, 0.717) is 12.8 Å². The fraction of sp³-hybridized carbons (Fsp3) is 0.722. The Morgan fingerprint density at radius 1 is 1.13 bits per heavy atom. The van der Waals surface area contributed by atoms with Gasteiger partial charge < -0.3 is 15.7 Å². The molecule has 2 aliphatic carbocycles. The number of rotatable bonds is 6. The highest BCUT2D eigenvalue weighted by Crippen LogP contribution is 2.39. The van der Waals surface area contributed by atoms with Gasteiger partial charge in [-0.15, -0.1) is 0 Å². The molecule has 0 amide bonds. The number of allylic oxidation sites excluding steroid dienone is 1. The van der Waals surface area contributed by atoms with Gasteiger partial charge in [0.2, 0.25) is 11.9 Å². The monoisotopic (exact) mass is 439 g/mol. The Balaban J connectivity index is 1.94. The van der Waals surface area contributed by atoms with E-state index in [1.165, 1.54) is 6.92 Å². The van der Waals surface area contributed by atoms with Gasteiger partial charge in [0.15, 0.2) is 5.82 Å². The first-order chi connectivity index (χ1) is 14.0. The Hall–Kier alpha value is -2.11. The summed E-state index contributed by atoms with van der Waals surface area (Å²) in [5, 5.41) is 14.7. The minimum absolute atomic E-state index is 0.0208. The van der Waals surface area contributed by atoms with Crippen LogP contribution in [0.4, 0.5) is 38.2 Å². The maximum atomic E-state index is 14.6. The van der Waals surface area contributed by atoms with Gasteiger partial charge in [0, 0.05) is 24.5 Å². The molecule has 0 bridgehead atoms. The minimum Gasteiger partial charge on any atom is -0.386 e. The quantitative estimate of drug-likeness (QED) is 0.568. The lowest BCUT2D eigenvalue weighted by Crippen LogP contribution is -2.44. The SMILES string of the molecule is CC[C@@H](Nc1nc(NC2CC(F)(F)C2)nc(C2=C(F)C(O)CCCC2)n1)C(F)(F)F. The lowest BCUT2D eigenvalue weighted by molar-refractivity contribution is -0.143. The second-order valence-electron chi connectivity index (χ2n) is 7.65. The Bertz CT molecular complexity index is 792. The van der Waals surface area contributed by atoms with E-state index in [4.69, 9.17) is 0 Å². The van der Waals surface area contributed by atoms with Crippen LogP contribution in [-0.4, -0.2) is 50.3 Å². The molecule has 6 nitrogen and oxygen atoms in total. The summed E-state index contributed by atoms with van der Waals surface area (Å²) in [5.41, 5.74) is -0.0208. The fourth-order valence-electron chi connectivity index (χ4n) is 3.46. The lowest BCUT2D eigenvalue weighted by atomic mass is 9.88. The first kappa shape index (κ1) is 22.6. The van der Waals surface area contributed by atoms with Crippen LogP contribution in [0.2, 0.25) is 0 Å². The Labute approximate surface area is 169 Å². The Morgan fingerprint density at radius 3 is 2.40 bits per heavy atom. The topological polar surface area (TPSA) is 83.0 Å². The molecule has 3 rings (SSSR count). The van der Waals surface area contributed by atoms with Crippen molar-refractivity contribution in [3.8, 4) is 0 Å². The van der Waals surface area contributed by atoms with E-state index in [9.17, 15) is 31.4 Å². The van der Waals surface area contributed by atoms with E-state index in [1.54, 1.807) is 0 Å². The van der Waals surface area contributed by atoms with Gasteiger partial charge in [0.25, 0.3) is 5.92 Å². The molecular weight excluding hydrogens is 416 g/mol. The van der Waals surface area contributed by atoms with Crippen molar-refractivity contribution in [3.63, 3.8) is 0 Å². The third kappa shape index (κ3) is 5.32. The standard InChI is InChI=1S/C18H23F6N5O/c1-2-12(18(22,23)24)26-16-28-14(10-5-3-4-6-11(30)13(10)19)27-15(29-16)25-9-7-17(20,21)8-9/h9,11-12,30H,2-8H2,1H3,(H2,25,26,27,28,29)/t11?,12-/m1/s1. The van der Waals surface area contributed by atoms with E-state index < -0.39 is 54.9 Å². The number of aliphatic hydroxyl groups is 1. The predicted octanol–water partition coefficient (Wildman–Crippen LogP) is 4.45. The van der Waals surface area contributed by atoms with Crippen molar-refractivity contribution >= 4 is 17.5 Å². The van der Waals surface area contributed by atoms with E-state index in [1.807, 2.05) is 0 Å². The molecule has 2 aliphatic rings. The van der Waals surface area contributed by atoms with Crippen molar-refractivity contribution in [2.45, 2.75) is 82.2 Å². The molecule has 1 heterocycles. The van der Waals surface area contributed by atoms with Crippen molar-refractivity contribution in [2.24, 2.45) is 0 Å². The zero-order chi connectivity index (χ0) is 22.1. The molecule has 3 N–H and O–H groups in total. The molecule has 0 radical (unpaired) electrons. The van der Waals surface area contributed by atoms with Crippen LogP contribution in [0, 0.1) is 0 Å². The first-order valence-corrected chi connectivity index (χ1v) is 9.79. The maximum absolute atomic E-state index is 14.6. The highest BCUT2D eigenvalue weighted by atomic mass is 19.4. The highest BCUT2D eigenvalue weighted by Gasteiger charge is 2.46. The van der Waals surface area contributed by atoms with Crippen molar-refractivity contribution in [1.82, 2.24) is 15.0 Å². The summed E-state index contributed by atoms with van der Waals surface area (Å²) >= 11 is 0. The summed E-state index contributed by atoms with van der Waals surface area (Å²) in [5.74, 6) is -4.56. The minimum atomic E-state index is -4.58. The highest BCUT2D eigenvalue weighted by molar-refractivity contribution is 5.64. The summed E-state index contributed by atoms with van der Waals surface area (Å²) in [4.78, 5) is 11.8. The van der Waals surface area contributed by atoms with Gasteiger partial charge in [0.05, 0.1) is 0 Å². The maximum Gasteiger partial charge on any atom is 0.408 e. The molecule has 1 saturated carbocycles. The van der Waals surface area contributed by atoms with Crippen molar-refractivity contribution in [1.29, 1.82) is 0 Å². The third-order valence-corrected chi connectivity index (χ3v) is 5.17. The number of hydrogen-bond acceptors (Lipinski definition) is 6. The second kappa shape index (κ2) is 8.56. The molecule has 0 spiro atoms. The van der Waals surface area contributed by atoms with Crippen molar-refractivity contribution in [3.05, 3.63) is 11.7 Å². The van der Waals surface area contributed by atoms with Crippen molar-refractivity contribution in [2.75, 3.05) is 10.6 Å². The van der Waals surface area contributed by atoms with E-state index >= 15 is 0 Å². The van der Waals surface area contributed by atoms with Gasteiger partial charge in [0.1, 0.15) is 18.0 Å². The van der Waals surface area contributed by atoms with E-state index in [-0.39, 0.29) is 36.6 Å². The summed E-state index contributed by atoms with van der Waals surface area (Å²) in [6, 6.07) is -2.61. The summed E-state index contributed by atoms with van der Waals surface area (Å²) in [7, 11) is 0. The number of aliphatic hydroxyl groups excluding tert-OH is 1. The molecule has 0 aromatic carbocycles. The van der Waals surface area contributed by atoms with Crippen LogP contribution in [0.3, 0.4) is 0 Å². The van der Waals surface area contributed by atoms with Gasteiger partial charge in [-0.3, -0.25) is 0 Å². The van der Waals surface area contributed by atoms with Crippen LogP contribution in [-0.2, 0) is 0 Å². The predicted molar refractivity (Wildman–Crippen MR) is 97.7 cm³/mol. The van der Waals surface area contributed by atoms with Crippen LogP contribution >= 0.6 is 0 Å². The zero-order valence-corrected chi connectivity index (χ0v) is 16.2. The molecule has 168 valence electrons. The summed E-state index contributed by atoms with van der Waals surface area (Å²) < 4.78 is 80.3. The molecule has 0 saturated heterocycles. The lowest BCUT2D eigenvalue weighted by Gasteiger charge is -2.35.